The lowest BCUT2D eigenvalue weighted by atomic mass is 10.4. The maximum atomic E-state index is 10.7. The lowest BCUT2D eigenvalue weighted by Gasteiger charge is -2.21. The van der Waals surface area contributed by atoms with Crippen LogP contribution >= 0.6 is 0 Å². The number of nitro groups is 1. The molecular formula is C14H19N7O2. The first-order chi connectivity index (χ1) is 11.2. The molecule has 3 heterocycles. The second-order valence-corrected chi connectivity index (χ2v) is 5.45. The minimum absolute atomic E-state index is 0.0354. The monoisotopic (exact) mass is 317 g/mol. The molecule has 0 atom stereocenters. The van der Waals surface area contributed by atoms with E-state index in [0.29, 0.717) is 6.54 Å². The molecule has 1 aliphatic heterocycles. The third-order valence-electron chi connectivity index (χ3n) is 3.90. The van der Waals surface area contributed by atoms with Crippen LogP contribution in [-0.2, 0) is 6.54 Å². The second-order valence-electron chi connectivity index (χ2n) is 5.45. The average molecular weight is 317 g/mol. The van der Waals surface area contributed by atoms with Crippen molar-refractivity contribution in [2.75, 3.05) is 37.6 Å². The van der Waals surface area contributed by atoms with Gasteiger partial charge in [0.25, 0.3) is 0 Å². The highest BCUT2D eigenvalue weighted by atomic mass is 16.6. The summed E-state index contributed by atoms with van der Waals surface area (Å²) >= 11 is 0. The summed E-state index contributed by atoms with van der Waals surface area (Å²) in [5, 5.41) is 14.7. The number of rotatable bonds is 5. The molecule has 0 bridgehead atoms. The van der Waals surface area contributed by atoms with E-state index in [4.69, 9.17) is 0 Å². The lowest BCUT2D eigenvalue weighted by molar-refractivity contribution is -0.385. The van der Waals surface area contributed by atoms with Crippen LogP contribution in [0.25, 0.3) is 0 Å². The molecule has 0 unspecified atom stereocenters. The van der Waals surface area contributed by atoms with Gasteiger partial charge in [-0.1, -0.05) is 0 Å². The van der Waals surface area contributed by atoms with E-state index >= 15 is 0 Å². The van der Waals surface area contributed by atoms with Gasteiger partial charge in [0.2, 0.25) is 5.95 Å². The van der Waals surface area contributed by atoms with Crippen molar-refractivity contribution in [3.05, 3.63) is 41.0 Å². The van der Waals surface area contributed by atoms with Crippen LogP contribution < -0.4 is 4.90 Å². The molecule has 0 aromatic carbocycles. The third kappa shape index (κ3) is 4.01. The smallest absolute Gasteiger partial charge is 0.306 e. The van der Waals surface area contributed by atoms with Crippen LogP contribution in [0.3, 0.4) is 0 Å². The average Bonchev–Trinajstić information content (AvgIpc) is 2.92. The Labute approximate surface area is 133 Å². The van der Waals surface area contributed by atoms with Gasteiger partial charge >= 0.3 is 5.69 Å². The van der Waals surface area contributed by atoms with Crippen molar-refractivity contribution in [3.8, 4) is 0 Å². The van der Waals surface area contributed by atoms with Crippen LogP contribution in [0, 0.1) is 10.1 Å². The first kappa shape index (κ1) is 15.3. The Morgan fingerprint density at radius 2 is 1.96 bits per heavy atom. The van der Waals surface area contributed by atoms with Crippen molar-refractivity contribution in [2.45, 2.75) is 13.0 Å². The number of aromatic nitrogens is 4. The van der Waals surface area contributed by atoms with Crippen LogP contribution in [0.4, 0.5) is 11.6 Å². The van der Waals surface area contributed by atoms with Crippen LogP contribution in [0.1, 0.15) is 6.42 Å². The van der Waals surface area contributed by atoms with E-state index in [1.54, 1.807) is 17.1 Å². The summed E-state index contributed by atoms with van der Waals surface area (Å²) in [6.07, 6.45) is 7.32. The van der Waals surface area contributed by atoms with Gasteiger partial charge in [-0.25, -0.2) is 9.97 Å². The third-order valence-corrected chi connectivity index (χ3v) is 3.90. The van der Waals surface area contributed by atoms with Crippen molar-refractivity contribution >= 4 is 11.6 Å². The first-order valence-corrected chi connectivity index (χ1v) is 7.63. The van der Waals surface area contributed by atoms with Gasteiger partial charge in [-0.3, -0.25) is 19.7 Å². The summed E-state index contributed by atoms with van der Waals surface area (Å²) < 4.78 is 1.63. The van der Waals surface area contributed by atoms with Gasteiger partial charge in [0.15, 0.2) is 0 Å². The fourth-order valence-corrected chi connectivity index (χ4v) is 2.66. The highest BCUT2D eigenvalue weighted by molar-refractivity contribution is 5.28. The highest BCUT2D eigenvalue weighted by Gasteiger charge is 2.17. The fraction of sp³-hybridized carbons (Fsp3) is 0.500. The van der Waals surface area contributed by atoms with Crippen molar-refractivity contribution in [2.24, 2.45) is 0 Å². The Balaban J connectivity index is 1.51. The van der Waals surface area contributed by atoms with Crippen LogP contribution in [0.5, 0.6) is 0 Å². The number of nitrogens with zero attached hydrogens (tertiary/aromatic N) is 7. The quantitative estimate of drug-likeness (QED) is 0.594. The van der Waals surface area contributed by atoms with E-state index in [1.807, 2.05) is 6.07 Å². The molecule has 9 heteroatoms. The van der Waals surface area contributed by atoms with E-state index in [2.05, 4.69) is 24.9 Å². The van der Waals surface area contributed by atoms with Gasteiger partial charge in [-0.15, -0.1) is 0 Å². The molecule has 1 aliphatic rings. The molecule has 23 heavy (non-hydrogen) atoms. The molecule has 1 saturated heterocycles. The summed E-state index contributed by atoms with van der Waals surface area (Å²) in [6, 6.07) is 1.82. The zero-order valence-corrected chi connectivity index (χ0v) is 12.8. The van der Waals surface area contributed by atoms with E-state index in [1.165, 1.54) is 12.4 Å². The lowest BCUT2D eigenvalue weighted by Crippen LogP contribution is -2.33. The summed E-state index contributed by atoms with van der Waals surface area (Å²) in [5.41, 5.74) is 0.0354. The SMILES string of the molecule is O=[N+]([O-])c1cnn(CCN2CCCN(c3ncccn3)CC2)c1. The number of hydrogen-bond donors (Lipinski definition) is 0. The van der Waals surface area contributed by atoms with Crippen LogP contribution in [0.2, 0.25) is 0 Å². The fourth-order valence-electron chi connectivity index (χ4n) is 2.66. The van der Waals surface area contributed by atoms with E-state index < -0.39 is 4.92 Å². The van der Waals surface area contributed by atoms with E-state index in [-0.39, 0.29) is 5.69 Å². The van der Waals surface area contributed by atoms with Gasteiger partial charge in [0, 0.05) is 38.6 Å². The van der Waals surface area contributed by atoms with Gasteiger partial charge < -0.3 is 4.90 Å². The molecule has 0 saturated carbocycles. The predicted molar refractivity (Wildman–Crippen MR) is 84.2 cm³/mol. The Hall–Kier alpha value is -2.55. The standard InChI is InChI=1S/C14H19N7O2/c22-21(23)13-11-17-20(12-13)10-8-18-5-2-6-19(9-7-18)14-15-3-1-4-16-14/h1,3-4,11-12H,2,5-10H2. The molecule has 9 nitrogen and oxygen atoms in total. The Kier molecular flexibility index (Phi) is 4.77. The van der Waals surface area contributed by atoms with Crippen molar-refractivity contribution in [1.29, 1.82) is 0 Å². The summed E-state index contributed by atoms with van der Waals surface area (Å²) in [5.74, 6) is 0.775. The Morgan fingerprint density at radius 1 is 1.13 bits per heavy atom. The van der Waals surface area contributed by atoms with Gasteiger partial charge in [0.05, 0.1) is 11.5 Å². The molecule has 2 aromatic heterocycles. The second kappa shape index (κ2) is 7.14. The zero-order chi connectivity index (χ0) is 16.1. The van der Waals surface area contributed by atoms with Gasteiger partial charge in [-0.2, -0.15) is 5.10 Å². The first-order valence-electron chi connectivity index (χ1n) is 7.63. The molecular weight excluding hydrogens is 298 g/mol. The largest absolute Gasteiger partial charge is 0.339 e. The van der Waals surface area contributed by atoms with Crippen LogP contribution in [0.15, 0.2) is 30.9 Å². The highest BCUT2D eigenvalue weighted by Crippen LogP contribution is 2.11. The minimum atomic E-state index is -0.423. The van der Waals surface area contributed by atoms with Gasteiger partial charge in [0.1, 0.15) is 12.4 Å². The molecule has 0 aliphatic carbocycles. The molecule has 122 valence electrons. The van der Waals surface area contributed by atoms with Crippen LogP contribution in [-0.4, -0.2) is 62.3 Å². The van der Waals surface area contributed by atoms with Crippen molar-refractivity contribution in [3.63, 3.8) is 0 Å². The Bertz CT molecular complexity index is 646. The van der Waals surface area contributed by atoms with E-state index in [9.17, 15) is 10.1 Å². The van der Waals surface area contributed by atoms with E-state index in [0.717, 1.165) is 45.1 Å². The van der Waals surface area contributed by atoms with Crippen molar-refractivity contribution < 1.29 is 4.92 Å². The predicted octanol–water partition coefficient (Wildman–Crippen LogP) is 0.794. The summed E-state index contributed by atoms with van der Waals surface area (Å²) in [6.45, 7) is 5.20. The molecule has 1 fully saturated rings. The molecule has 0 N–H and O–H groups in total. The zero-order valence-electron chi connectivity index (χ0n) is 12.8. The normalized spacial score (nSPS) is 16.3. The molecule has 0 amide bonds. The summed E-state index contributed by atoms with van der Waals surface area (Å²) in [7, 11) is 0. The maximum absolute atomic E-state index is 10.7. The molecule has 0 radical (unpaired) electrons. The maximum Gasteiger partial charge on any atom is 0.306 e. The topological polar surface area (TPSA) is 93.2 Å². The minimum Gasteiger partial charge on any atom is -0.339 e. The Morgan fingerprint density at radius 3 is 2.70 bits per heavy atom. The molecule has 2 aromatic rings. The number of anilines is 1. The van der Waals surface area contributed by atoms with Gasteiger partial charge in [-0.05, 0) is 19.0 Å². The summed E-state index contributed by atoms with van der Waals surface area (Å²) in [4.78, 5) is 23.4. The molecule has 0 spiro atoms. The van der Waals surface area contributed by atoms with Crippen molar-refractivity contribution in [1.82, 2.24) is 24.6 Å². The number of hydrogen-bond acceptors (Lipinski definition) is 7. The molecule has 3 rings (SSSR count).